The molecule has 1 aromatic carbocycles. The molecular weight excluding hydrogens is 270 g/mol. The van der Waals surface area contributed by atoms with Crippen LogP contribution in [-0.2, 0) is 9.59 Å². The van der Waals surface area contributed by atoms with Gasteiger partial charge in [0.25, 0.3) is 5.91 Å². The normalized spacial score (nSPS) is 17.9. The van der Waals surface area contributed by atoms with Crippen LogP contribution in [0.3, 0.4) is 0 Å². The van der Waals surface area contributed by atoms with E-state index in [1.165, 1.54) is 4.90 Å². The number of carbonyl (C=O) groups excluding carboxylic acids is 1. The Morgan fingerprint density at radius 1 is 1.33 bits per heavy atom. The van der Waals surface area contributed by atoms with E-state index in [0.717, 1.165) is 5.56 Å². The molecule has 1 heterocycles. The van der Waals surface area contributed by atoms with Crippen molar-refractivity contribution >= 4 is 17.6 Å². The minimum Gasteiger partial charge on any atom is -0.480 e. The number of benzene rings is 1. The Morgan fingerprint density at radius 3 is 2.52 bits per heavy atom. The largest absolute Gasteiger partial charge is 0.480 e. The Bertz CT molecular complexity index is 565. The zero-order chi connectivity index (χ0) is 15.7. The summed E-state index contributed by atoms with van der Waals surface area (Å²) >= 11 is 0. The molecule has 0 bridgehead atoms. The highest BCUT2D eigenvalue weighted by Gasteiger charge is 2.38. The number of anilines is 1. The number of nitrogens with zero attached hydrogens (tertiary/aromatic N) is 1. The Kier molecular flexibility index (Phi) is 4.21. The van der Waals surface area contributed by atoms with Gasteiger partial charge >= 0.3 is 5.97 Å². The van der Waals surface area contributed by atoms with Crippen LogP contribution in [0.1, 0.15) is 39.2 Å². The third kappa shape index (κ3) is 2.86. The Balaban J connectivity index is 2.55. The van der Waals surface area contributed by atoms with Crippen molar-refractivity contribution in [3.05, 3.63) is 23.8 Å². The number of hydrogen-bond donors (Lipinski definition) is 1. The van der Waals surface area contributed by atoms with Crippen molar-refractivity contribution in [3.8, 4) is 5.75 Å². The molecule has 0 saturated carbocycles. The molecule has 1 unspecified atom stereocenters. The number of carboxylic acids is 1. The average Bonchev–Trinajstić information content (AvgIpc) is 2.40. The van der Waals surface area contributed by atoms with E-state index in [2.05, 4.69) is 0 Å². The molecule has 0 aliphatic carbocycles. The highest BCUT2D eigenvalue weighted by molar-refractivity contribution is 6.03. The molecule has 0 spiro atoms. The SMILES string of the molecule is CC(C)c1cccc2c1OC(C(C)C)C(=O)N2CC(=O)O. The van der Waals surface area contributed by atoms with Crippen LogP contribution in [-0.4, -0.2) is 29.6 Å². The van der Waals surface area contributed by atoms with Gasteiger partial charge in [0.15, 0.2) is 6.10 Å². The lowest BCUT2D eigenvalue weighted by molar-refractivity contribution is -0.138. The van der Waals surface area contributed by atoms with Gasteiger partial charge in [-0.05, 0) is 23.5 Å². The molecule has 1 aliphatic heterocycles. The monoisotopic (exact) mass is 291 g/mol. The number of para-hydroxylation sites is 1. The summed E-state index contributed by atoms with van der Waals surface area (Å²) in [5.74, 6) is -0.490. The highest BCUT2D eigenvalue weighted by atomic mass is 16.5. The molecule has 2 rings (SSSR count). The lowest BCUT2D eigenvalue weighted by Gasteiger charge is -2.36. The molecule has 0 saturated heterocycles. The smallest absolute Gasteiger partial charge is 0.323 e. The van der Waals surface area contributed by atoms with Gasteiger partial charge in [0, 0.05) is 0 Å². The van der Waals surface area contributed by atoms with Crippen molar-refractivity contribution in [3.63, 3.8) is 0 Å². The molecule has 1 aliphatic rings. The van der Waals surface area contributed by atoms with Crippen LogP contribution < -0.4 is 9.64 Å². The Labute approximate surface area is 124 Å². The van der Waals surface area contributed by atoms with Gasteiger partial charge in [-0.1, -0.05) is 39.8 Å². The number of aliphatic carboxylic acids is 1. The summed E-state index contributed by atoms with van der Waals surface area (Å²) in [6, 6.07) is 5.52. The summed E-state index contributed by atoms with van der Waals surface area (Å²) in [4.78, 5) is 24.9. The fourth-order valence-electron chi connectivity index (χ4n) is 2.51. The van der Waals surface area contributed by atoms with E-state index in [4.69, 9.17) is 9.84 Å². The third-order valence-electron chi connectivity index (χ3n) is 3.59. The molecular formula is C16H21NO4. The first-order valence-electron chi connectivity index (χ1n) is 7.15. The fraction of sp³-hybridized carbons (Fsp3) is 0.500. The molecule has 5 nitrogen and oxygen atoms in total. The van der Waals surface area contributed by atoms with Crippen molar-refractivity contribution in [1.29, 1.82) is 0 Å². The minimum atomic E-state index is -1.03. The number of carbonyl (C=O) groups is 2. The van der Waals surface area contributed by atoms with Gasteiger partial charge in [-0.15, -0.1) is 0 Å². The number of ether oxygens (including phenoxy) is 1. The van der Waals surface area contributed by atoms with Crippen molar-refractivity contribution in [2.45, 2.75) is 39.7 Å². The van der Waals surface area contributed by atoms with E-state index < -0.39 is 12.1 Å². The summed E-state index contributed by atoms with van der Waals surface area (Å²) < 4.78 is 5.93. The van der Waals surface area contributed by atoms with E-state index >= 15 is 0 Å². The molecule has 1 aromatic rings. The number of rotatable bonds is 4. The fourth-order valence-corrected chi connectivity index (χ4v) is 2.51. The maximum absolute atomic E-state index is 12.5. The topological polar surface area (TPSA) is 66.8 Å². The number of fused-ring (bicyclic) bond motifs is 1. The molecule has 1 amide bonds. The number of carboxylic acid groups (broad SMARTS) is 1. The molecule has 1 atom stereocenters. The summed E-state index contributed by atoms with van der Waals surface area (Å²) in [5.41, 5.74) is 1.53. The predicted molar refractivity (Wildman–Crippen MR) is 79.8 cm³/mol. The highest BCUT2D eigenvalue weighted by Crippen LogP contribution is 2.41. The van der Waals surface area contributed by atoms with Gasteiger partial charge in [0.05, 0.1) is 5.69 Å². The maximum atomic E-state index is 12.5. The standard InChI is InChI=1S/C16H21NO4/c1-9(2)11-6-5-7-12-15(11)21-14(10(3)4)16(20)17(12)8-13(18)19/h5-7,9-10,14H,8H2,1-4H3,(H,18,19). The van der Waals surface area contributed by atoms with Crippen LogP contribution in [0.2, 0.25) is 0 Å². The van der Waals surface area contributed by atoms with Gasteiger partial charge in [-0.2, -0.15) is 0 Å². The van der Waals surface area contributed by atoms with Gasteiger partial charge in [0.2, 0.25) is 0 Å². The molecule has 0 radical (unpaired) electrons. The summed E-state index contributed by atoms with van der Waals surface area (Å²) in [6.45, 7) is 7.53. The molecule has 0 fully saturated rings. The van der Waals surface area contributed by atoms with Crippen LogP contribution in [0.15, 0.2) is 18.2 Å². The quantitative estimate of drug-likeness (QED) is 0.926. The van der Waals surface area contributed by atoms with E-state index in [1.54, 1.807) is 6.07 Å². The van der Waals surface area contributed by atoms with Crippen LogP contribution in [0.4, 0.5) is 5.69 Å². The van der Waals surface area contributed by atoms with E-state index in [-0.39, 0.29) is 24.3 Å². The number of hydrogen-bond acceptors (Lipinski definition) is 3. The Morgan fingerprint density at radius 2 is 2.00 bits per heavy atom. The first-order chi connectivity index (χ1) is 9.82. The molecule has 1 N–H and O–H groups in total. The van der Waals surface area contributed by atoms with Crippen LogP contribution in [0.25, 0.3) is 0 Å². The molecule has 21 heavy (non-hydrogen) atoms. The predicted octanol–water partition coefficient (Wildman–Crippen LogP) is 2.64. The second-order valence-electron chi connectivity index (χ2n) is 5.95. The lowest BCUT2D eigenvalue weighted by atomic mass is 9.97. The van der Waals surface area contributed by atoms with Crippen LogP contribution in [0.5, 0.6) is 5.75 Å². The van der Waals surface area contributed by atoms with Gasteiger partial charge in [0.1, 0.15) is 12.3 Å². The van der Waals surface area contributed by atoms with Crippen LogP contribution >= 0.6 is 0 Å². The van der Waals surface area contributed by atoms with Gasteiger partial charge in [-0.25, -0.2) is 0 Å². The van der Waals surface area contributed by atoms with Gasteiger partial charge < -0.3 is 9.84 Å². The van der Waals surface area contributed by atoms with Gasteiger partial charge in [-0.3, -0.25) is 14.5 Å². The second kappa shape index (κ2) is 5.76. The van der Waals surface area contributed by atoms with Crippen molar-refractivity contribution in [1.82, 2.24) is 0 Å². The van der Waals surface area contributed by atoms with E-state index in [1.807, 2.05) is 39.8 Å². The van der Waals surface area contributed by atoms with Crippen molar-refractivity contribution in [2.75, 3.05) is 11.4 Å². The van der Waals surface area contributed by atoms with E-state index in [0.29, 0.717) is 11.4 Å². The summed E-state index contributed by atoms with van der Waals surface area (Å²) in [6.07, 6.45) is -0.642. The molecule has 0 aromatic heterocycles. The average molecular weight is 291 g/mol. The molecule has 114 valence electrons. The zero-order valence-corrected chi connectivity index (χ0v) is 12.8. The second-order valence-corrected chi connectivity index (χ2v) is 5.95. The van der Waals surface area contributed by atoms with E-state index in [9.17, 15) is 9.59 Å². The minimum absolute atomic E-state index is 0.0258. The zero-order valence-electron chi connectivity index (χ0n) is 12.8. The number of amides is 1. The van der Waals surface area contributed by atoms with Crippen molar-refractivity contribution in [2.24, 2.45) is 5.92 Å². The lowest BCUT2D eigenvalue weighted by Crippen LogP contribution is -2.50. The third-order valence-corrected chi connectivity index (χ3v) is 3.59. The summed E-state index contributed by atoms with van der Waals surface area (Å²) in [5, 5.41) is 9.08. The first-order valence-corrected chi connectivity index (χ1v) is 7.15. The first kappa shape index (κ1) is 15.4. The molecule has 5 heteroatoms. The summed E-state index contributed by atoms with van der Waals surface area (Å²) in [7, 11) is 0. The Hall–Kier alpha value is -2.04. The maximum Gasteiger partial charge on any atom is 0.323 e. The van der Waals surface area contributed by atoms with Crippen molar-refractivity contribution < 1.29 is 19.4 Å². The van der Waals surface area contributed by atoms with Crippen LogP contribution in [0, 0.1) is 5.92 Å².